The Morgan fingerprint density at radius 3 is 0.828 bits per heavy atom. The second kappa shape index (κ2) is 82.2. The van der Waals surface area contributed by atoms with E-state index in [1.165, 1.54) is 392 Å². The molecule has 0 rings (SSSR count). The topological polar surface area (TPSA) is 95.9 Å². The van der Waals surface area contributed by atoms with E-state index in [9.17, 15) is 19.8 Å². The van der Waals surface area contributed by atoms with Crippen molar-refractivity contribution in [1.82, 2.24) is 5.32 Å². The Morgan fingerprint density at radius 1 is 0.301 bits per heavy atom. The molecular weight excluding hydrogens is 1140 g/mol. The van der Waals surface area contributed by atoms with Gasteiger partial charge in [0.15, 0.2) is 0 Å². The summed E-state index contributed by atoms with van der Waals surface area (Å²) >= 11 is 0. The number of nitrogens with one attached hydrogen (secondary N) is 1. The van der Waals surface area contributed by atoms with Crippen molar-refractivity contribution < 1.29 is 24.5 Å². The SMILES string of the molecule is CCCCCCCCC/C=C\CCCCCCCCCC(=O)OCCCCCCCCCCC/C=C\C/C=C\CCCCCCCCCCCCCCCCCCCC(=O)NC(CO)C(O)/C=C/CCCCCCCCCCCCCCCCCCCCCCCCC. The highest BCUT2D eigenvalue weighted by Gasteiger charge is 2.18. The first-order valence-electron chi connectivity index (χ1n) is 42.4. The molecule has 0 aromatic rings. The first kappa shape index (κ1) is 90.8. The molecule has 0 aromatic carbocycles. The molecule has 548 valence electrons. The highest BCUT2D eigenvalue weighted by atomic mass is 16.5. The van der Waals surface area contributed by atoms with Crippen LogP contribution in [0.15, 0.2) is 48.6 Å². The summed E-state index contributed by atoms with van der Waals surface area (Å²) in [5.74, 6) is -0.0493. The molecule has 2 atom stereocenters. The fraction of sp³-hybridized carbons (Fsp3) is 0.885. The highest BCUT2D eigenvalue weighted by Crippen LogP contribution is 2.20. The van der Waals surface area contributed by atoms with Gasteiger partial charge in [-0.15, -0.1) is 0 Å². The maximum absolute atomic E-state index is 12.6. The average molecular weight is 1310 g/mol. The fourth-order valence-electron chi connectivity index (χ4n) is 13.4. The summed E-state index contributed by atoms with van der Waals surface area (Å²) in [6.07, 6.45) is 110. The standard InChI is InChI=1S/C87H165NO5/c1-3-5-7-9-11-13-15-17-19-21-23-24-25-35-38-41-44-47-51-55-59-63-67-71-75-79-85(90)84(83-89)88-86(91)80-76-72-68-64-60-56-52-48-45-42-39-36-33-31-29-27-26-28-30-32-34-37-40-43-46-50-54-58-62-66-70-74-78-82-93-87(92)81-77-73-69-65-61-57-53-49-22-20-18-16-14-12-10-8-6-4-2/h20,22,30,32,37,40,75,79,84-85,89-90H,3-19,21,23-29,31,33-36,38-39,41-74,76-78,80-83H2,1-2H3,(H,88,91)/b22-20-,32-30-,40-37-,79-75+. The Balaban J connectivity index is 3.40. The van der Waals surface area contributed by atoms with E-state index in [-0.39, 0.29) is 18.5 Å². The molecule has 0 spiro atoms. The second-order valence-electron chi connectivity index (χ2n) is 29.2. The van der Waals surface area contributed by atoms with Crippen molar-refractivity contribution in [1.29, 1.82) is 0 Å². The van der Waals surface area contributed by atoms with E-state index in [4.69, 9.17) is 4.74 Å². The minimum atomic E-state index is -0.846. The third-order valence-electron chi connectivity index (χ3n) is 19.8. The number of hydrogen-bond donors (Lipinski definition) is 3. The van der Waals surface area contributed by atoms with Gasteiger partial charge in [-0.3, -0.25) is 9.59 Å². The van der Waals surface area contributed by atoms with Crippen molar-refractivity contribution in [2.24, 2.45) is 0 Å². The van der Waals surface area contributed by atoms with Gasteiger partial charge < -0.3 is 20.3 Å². The lowest BCUT2D eigenvalue weighted by Crippen LogP contribution is -2.45. The van der Waals surface area contributed by atoms with E-state index in [1.807, 2.05) is 6.08 Å². The average Bonchev–Trinajstić information content (AvgIpc) is 3.78. The van der Waals surface area contributed by atoms with E-state index in [1.54, 1.807) is 6.08 Å². The van der Waals surface area contributed by atoms with Crippen molar-refractivity contribution in [3.63, 3.8) is 0 Å². The third-order valence-corrected chi connectivity index (χ3v) is 19.8. The molecule has 0 bridgehead atoms. The molecule has 0 radical (unpaired) electrons. The van der Waals surface area contributed by atoms with Crippen LogP contribution >= 0.6 is 0 Å². The number of carbonyl (C=O) groups is 2. The van der Waals surface area contributed by atoms with Crippen molar-refractivity contribution in [3.8, 4) is 0 Å². The zero-order valence-corrected chi connectivity index (χ0v) is 63.0. The van der Waals surface area contributed by atoms with Crippen LogP contribution in [0, 0.1) is 0 Å². The van der Waals surface area contributed by atoms with Gasteiger partial charge in [0.2, 0.25) is 5.91 Å². The summed E-state index contributed by atoms with van der Waals surface area (Å²) in [4.78, 5) is 24.7. The van der Waals surface area contributed by atoms with Crippen molar-refractivity contribution >= 4 is 11.9 Å². The van der Waals surface area contributed by atoms with Crippen LogP contribution < -0.4 is 5.32 Å². The maximum Gasteiger partial charge on any atom is 0.305 e. The first-order valence-corrected chi connectivity index (χ1v) is 42.4. The summed E-state index contributed by atoms with van der Waals surface area (Å²) < 4.78 is 5.51. The minimum Gasteiger partial charge on any atom is -0.466 e. The Bertz CT molecular complexity index is 1550. The zero-order chi connectivity index (χ0) is 67.0. The van der Waals surface area contributed by atoms with E-state index in [0.717, 1.165) is 51.4 Å². The van der Waals surface area contributed by atoms with Crippen molar-refractivity contribution in [2.75, 3.05) is 13.2 Å². The van der Waals surface area contributed by atoms with E-state index in [0.29, 0.717) is 19.4 Å². The largest absolute Gasteiger partial charge is 0.466 e. The number of unbranched alkanes of at least 4 members (excludes halogenated alkanes) is 63. The van der Waals surface area contributed by atoms with E-state index in [2.05, 4.69) is 55.6 Å². The molecule has 0 aliphatic carbocycles. The molecule has 0 aromatic heterocycles. The van der Waals surface area contributed by atoms with Crippen LogP contribution in [0.25, 0.3) is 0 Å². The van der Waals surface area contributed by atoms with Gasteiger partial charge in [0.25, 0.3) is 0 Å². The van der Waals surface area contributed by atoms with Gasteiger partial charge in [-0.25, -0.2) is 0 Å². The predicted molar refractivity (Wildman–Crippen MR) is 412 cm³/mol. The molecule has 0 aliphatic heterocycles. The molecule has 0 heterocycles. The van der Waals surface area contributed by atoms with E-state index >= 15 is 0 Å². The van der Waals surface area contributed by atoms with Crippen LogP contribution in [-0.4, -0.2) is 47.4 Å². The number of aliphatic hydroxyl groups excluding tert-OH is 2. The lowest BCUT2D eigenvalue weighted by molar-refractivity contribution is -0.143. The minimum absolute atomic E-state index is 0.0118. The molecule has 0 saturated carbocycles. The van der Waals surface area contributed by atoms with Crippen LogP contribution in [0.1, 0.15) is 470 Å². The lowest BCUT2D eigenvalue weighted by Gasteiger charge is -2.20. The van der Waals surface area contributed by atoms with Gasteiger partial charge in [0.05, 0.1) is 25.4 Å². The molecule has 3 N–H and O–H groups in total. The van der Waals surface area contributed by atoms with Gasteiger partial charge >= 0.3 is 5.97 Å². The Morgan fingerprint density at radius 2 is 0.538 bits per heavy atom. The monoisotopic (exact) mass is 1300 g/mol. The number of aliphatic hydroxyl groups is 2. The number of esters is 1. The van der Waals surface area contributed by atoms with Crippen LogP contribution in [0.3, 0.4) is 0 Å². The molecular formula is C87H165NO5. The van der Waals surface area contributed by atoms with Gasteiger partial charge in [-0.2, -0.15) is 0 Å². The van der Waals surface area contributed by atoms with Gasteiger partial charge in [0.1, 0.15) is 0 Å². The van der Waals surface area contributed by atoms with Crippen LogP contribution in [0.5, 0.6) is 0 Å². The fourth-order valence-corrected chi connectivity index (χ4v) is 13.4. The lowest BCUT2D eigenvalue weighted by atomic mass is 10.0. The van der Waals surface area contributed by atoms with Gasteiger partial charge in [-0.05, 0) is 89.9 Å². The normalized spacial score (nSPS) is 12.7. The Labute approximate surface area is 582 Å². The maximum atomic E-state index is 12.6. The first-order chi connectivity index (χ1) is 46.0. The molecule has 0 fully saturated rings. The summed E-state index contributed by atoms with van der Waals surface area (Å²) in [5.41, 5.74) is 0. The van der Waals surface area contributed by atoms with Crippen molar-refractivity contribution in [3.05, 3.63) is 48.6 Å². The van der Waals surface area contributed by atoms with Crippen LogP contribution in [0.2, 0.25) is 0 Å². The Kier molecular flexibility index (Phi) is 80.3. The summed E-state index contributed by atoms with van der Waals surface area (Å²) in [6.45, 7) is 4.95. The van der Waals surface area contributed by atoms with E-state index < -0.39 is 12.1 Å². The quantitative estimate of drug-likeness (QED) is 0.0320. The summed E-state index contributed by atoms with van der Waals surface area (Å²) in [7, 11) is 0. The van der Waals surface area contributed by atoms with Crippen molar-refractivity contribution in [2.45, 2.75) is 482 Å². The second-order valence-corrected chi connectivity index (χ2v) is 29.2. The molecule has 1 amide bonds. The highest BCUT2D eigenvalue weighted by molar-refractivity contribution is 5.76. The summed E-state index contributed by atoms with van der Waals surface area (Å²) in [5, 5.41) is 23.3. The molecule has 0 saturated heterocycles. The number of amides is 1. The van der Waals surface area contributed by atoms with Gasteiger partial charge in [0, 0.05) is 12.8 Å². The zero-order valence-electron chi connectivity index (χ0n) is 63.0. The van der Waals surface area contributed by atoms with Crippen LogP contribution in [-0.2, 0) is 14.3 Å². The molecule has 2 unspecified atom stereocenters. The number of rotatable bonds is 80. The smallest absolute Gasteiger partial charge is 0.305 e. The third kappa shape index (κ3) is 78.7. The number of hydrogen-bond acceptors (Lipinski definition) is 5. The summed E-state index contributed by atoms with van der Waals surface area (Å²) in [6, 6.07) is -0.629. The molecule has 93 heavy (non-hydrogen) atoms. The predicted octanol–water partition coefficient (Wildman–Crippen LogP) is 28.3. The number of ether oxygens (including phenoxy) is 1. The van der Waals surface area contributed by atoms with Gasteiger partial charge in [-0.1, -0.05) is 416 Å². The van der Waals surface area contributed by atoms with Crippen LogP contribution in [0.4, 0.5) is 0 Å². The number of carbonyl (C=O) groups excluding carboxylic acids is 2. The molecule has 6 nitrogen and oxygen atoms in total. The Hall–Kier alpha value is -2.18. The molecule has 0 aliphatic rings. The molecule has 6 heteroatoms. The number of allylic oxidation sites excluding steroid dienone is 7.